The number of nitrogens with one attached hydrogen (secondary N) is 1. The number of ether oxygens (including phenoxy) is 2. The van der Waals surface area contributed by atoms with E-state index in [1.165, 1.54) is 24.5 Å². The number of hydrogen-bond donors (Lipinski definition) is 1. The molecule has 2 aromatic heterocycles. The maximum atomic E-state index is 13.6. The molecule has 0 radical (unpaired) electrons. The van der Waals surface area contributed by atoms with Crippen molar-refractivity contribution in [2.75, 3.05) is 20.8 Å². The fourth-order valence-corrected chi connectivity index (χ4v) is 5.48. The normalized spacial score (nSPS) is 11.8. The van der Waals surface area contributed by atoms with Gasteiger partial charge in [0.25, 0.3) is 0 Å². The number of thiazole rings is 1. The highest BCUT2D eigenvalue weighted by molar-refractivity contribution is 7.89. The Morgan fingerprint density at radius 1 is 1.12 bits per heavy atom. The summed E-state index contributed by atoms with van der Waals surface area (Å²) in [5.74, 6) is 0.791. The van der Waals surface area contributed by atoms with Gasteiger partial charge < -0.3 is 9.47 Å². The summed E-state index contributed by atoms with van der Waals surface area (Å²) in [4.78, 5) is 6.03. The summed E-state index contributed by atoms with van der Waals surface area (Å²) in [5.41, 5.74) is 1.76. The lowest BCUT2D eigenvalue weighted by Crippen LogP contribution is -2.26. The highest BCUT2D eigenvalue weighted by Gasteiger charge is 2.21. The Labute approximate surface area is 188 Å². The lowest BCUT2D eigenvalue weighted by Gasteiger charge is -2.10. The Hall–Kier alpha value is -3.02. The van der Waals surface area contributed by atoms with Crippen LogP contribution in [0.5, 0.6) is 11.5 Å². The van der Waals surface area contributed by atoms with Crippen LogP contribution in [-0.2, 0) is 16.4 Å². The highest BCUT2D eigenvalue weighted by Crippen LogP contribution is 2.27. The predicted octanol–water partition coefficient (Wildman–Crippen LogP) is 3.44. The molecule has 8 nitrogen and oxygen atoms in total. The standard InChI is InChI=1S/C21H21FN4O4S2/c1-13-18(10-11-23-32(27,28)19-12-15(22)6-9-17(19)30-3)31-21-24-20(25-26(13)21)14-4-7-16(29-2)8-5-14/h4-9,12,23H,10-11H2,1-3H3. The van der Waals surface area contributed by atoms with E-state index in [0.29, 0.717) is 12.2 Å². The monoisotopic (exact) mass is 476 g/mol. The number of benzene rings is 2. The van der Waals surface area contributed by atoms with Gasteiger partial charge in [0.2, 0.25) is 15.0 Å². The highest BCUT2D eigenvalue weighted by atomic mass is 32.2. The van der Waals surface area contributed by atoms with Gasteiger partial charge in [-0.25, -0.2) is 22.0 Å². The Kier molecular flexibility index (Phi) is 6.13. The number of nitrogens with zero attached hydrogens (tertiary/aromatic N) is 3. The smallest absolute Gasteiger partial charge is 0.244 e. The zero-order valence-corrected chi connectivity index (χ0v) is 19.3. The van der Waals surface area contributed by atoms with E-state index in [4.69, 9.17) is 9.47 Å². The molecule has 0 spiro atoms. The van der Waals surface area contributed by atoms with E-state index in [1.807, 2.05) is 31.2 Å². The van der Waals surface area contributed by atoms with Crippen molar-refractivity contribution in [2.24, 2.45) is 0 Å². The number of fused-ring (bicyclic) bond motifs is 1. The SMILES string of the molecule is COc1ccc(-c2nc3sc(CCNS(=O)(=O)c4cc(F)ccc4OC)c(C)n3n2)cc1. The first-order valence-corrected chi connectivity index (χ1v) is 11.9. The van der Waals surface area contributed by atoms with E-state index in [9.17, 15) is 12.8 Å². The number of sulfonamides is 1. The van der Waals surface area contributed by atoms with Gasteiger partial charge in [-0.2, -0.15) is 4.98 Å². The maximum absolute atomic E-state index is 13.6. The third kappa shape index (κ3) is 4.31. The third-order valence-corrected chi connectivity index (χ3v) is 7.60. The van der Waals surface area contributed by atoms with Crippen molar-refractivity contribution in [1.82, 2.24) is 19.3 Å². The molecule has 0 saturated heterocycles. The average Bonchev–Trinajstić information content (AvgIpc) is 3.33. The van der Waals surface area contributed by atoms with Crippen LogP contribution in [0, 0.1) is 12.7 Å². The van der Waals surface area contributed by atoms with Gasteiger partial charge in [0.15, 0.2) is 5.82 Å². The molecule has 168 valence electrons. The maximum Gasteiger partial charge on any atom is 0.244 e. The molecule has 32 heavy (non-hydrogen) atoms. The lowest BCUT2D eigenvalue weighted by molar-refractivity contribution is 0.400. The van der Waals surface area contributed by atoms with Crippen molar-refractivity contribution in [3.8, 4) is 22.9 Å². The zero-order chi connectivity index (χ0) is 22.9. The molecule has 0 aliphatic rings. The van der Waals surface area contributed by atoms with E-state index >= 15 is 0 Å². The number of hydrogen-bond acceptors (Lipinski definition) is 7. The fourth-order valence-electron chi connectivity index (χ4n) is 3.22. The summed E-state index contributed by atoms with van der Waals surface area (Å²) in [6.45, 7) is 2.05. The number of halogens is 1. The number of methoxy groups -OCH3 is 2. The fraction of sp³-hybridized carbons (Fsp3) is 0.238. The van der Waals surface area contributed by atoms with Crippen LogP contribution in [0.25, 0.3) is 16.3 Å². The molecule has 0 fully saturated rings. The topological polar surface area (TPSA) is 94.8 Å². The van der Waals surface area contributed by atoms with Crippen molar-refractivity contribution >= 4 is 26.3 Å². The van der Waals surface area contributed by atoms with Gasteiger partial charge in [-0.1, -0.05) is 11.3 Å². The Morgan fingerprint density at radius 3 is 2.53 bits per heavy atom. The molecule has 11 heteroatoms. The molecule has 4 rings (SSSR count). The minimum atomic E-state index is -3.93. The quantitative estimate of drug-likeness (QED) is 0.419. The number of aromatic nitrogens is 3. The van der Waals surface area contributed by atoms with Gasteiger partial charge in [-0.05, 0) is 55.8 Å². The molecule has 0 saturated carbocycles. The number of rotatable bonds is 8. The minimum Gasteiger partial charge on any atom is -0.497 e. The van der Waals surface area contributed by atoms with E-state index in [2.05, 4.69) is 14.8 Å². The van der Waals surface area contributed by atoms with E-state index in [0.717, 1.165) is 39.0 Å². The third-order valence-electron chi connectivity index (χ3n) is 4.92. The van der Waals surface area contributed by atoms with E-state index < -0.39 is 15.8 Å². The van der Waals surface area contributed by atoms with E-state index in [-0.39, 0.29) is 17.2 Å². The summed E-state index contributed by atoms with van der Waals surface area (Å²) in [5, 5.41) is 4.57. The largest absolute Gasteiger partial charge is 0.497 e. The van der Waals surface area contributed by atoms with Crippen LogP contribution in [-0.4, -0.2) is 43.8 Å². The van der Waals surface area contributed by atoms with Crippen molar-refractivity contribution in [1.29, 1.82) is 0 Å². The van der Waals surface area contributed by atoms with Crippen LogP contribution in [0.1, 0.15) is 10.6 Å². The Balaban J connectivity index is 1.48. The minimum absolute atomic E-state index is 0.0833. The predicted molar refractivity (Wildman–Crippen MR) is 119 cm³/mol. The van der Waals surface area contributed by atoms with Crippen molar-refractivity contribution < 1.29 is 22.3 Å². The molecule has 0 atom stereocenters. The first-order valence-electron chi connectivity index (χ1n) is 9.65. The van der Waals surface area contributed by atoms with Gasteiger partial charge in [0.1, 0.15) is 22.2 Å². The molecule has 2 heterocycles. The molecule has 0 aliphatic carbocycles. The molecule has 0 amide bonds. The molecule has 1 N–H and O–H groups in total. The molecule has 4 aromatic rings. The molecular weight excluding hydrogens is 455 g/mol. The van der Waals surface area contributed by atoms with Crippen molar-refractivity contribution in [3.05, 3.63) is 58.9 Å². The van der Waals surface area contributed by atoms with Gasteiger partial charge in [-0.3, -0.25) is 0 Å². The molecule has 0 unspecified atom stereocenters. The average molecular weight is 477 g/mol. The second-order valence-electron chi connectivity index (χ2n) is 6.91. The van der Waals surface area contributed by atoms with Gasteiger partial charge >= 0.3 is 0 Å². The molecule has 2 aromatic carbocycles. The molecule has 0 aliphatic heterocycles. The second-order valence-corrected chi connectivity index (χ2v) is 9.71. The summed E-state index contributed by atoms with van der Waals surface area (Å²) < 4.78 is 53.3. The van der Waals surface area contributed by atoms with Crippen LogP contribution in [0.4, 0.5) is 4.39 Å². The van der Waals surface area contributed by atoms with Crippen LogP contribution in [0.3, 0.4) is 0 Å². The van der Waals surface area contributed by atoms with Crippen molar-refractivity contribution in [3.63, 3.8) is 0 Å². The van der Waals surface area contributed by atoms with Crippen LogP contribution < -0.4 is 14.2 Å². The summed E-state index contributed by atoms with van der Waals surface area (Å²) in [7, 11) is -0.984. The lowest BCUT2D eigenvalue weighted by atomic mass is 10.2. The molecular formula is C21H21FN4O4S2. The summed E-state index contributed by atoms with van der Waals surface area (Å²) in [6, 6.07) is 10.9. The Bertz CT molecular complexity index is 1360. The van der Waals surface area contributed by atoms with Gasteiger partial charge in [0.05, 0.1) is 19.9 Å². The van der Waals surface area contributed by atoms with Crippen LogP contribution in [0.2, 0.25) is 0 Å². The first kappa shape index (κ1) is 22.2. The van der Waals surface area contributed by atoms with Gasteiger partial charge in [0, 0.05) is 17.0 Å². The first-order chi connectivity index (χ1) is 15.3. The van der Waals surface area contributed by atoms with E-state index in [1.54, 1.807) is 11.6 Å². The van der Waals surface area contributed by atoms with Gasteiger partial charge in [-0.15, -0.1) is 5.10 Å². The van der Waals surface area contributed by atoms with Crippen molar-refractivity contribution in [2.45, 2.75) is 18.2 Å². The number of aryl methyl sites for hydroxylation is 1. The van der Waals surface area contributed by atoms with Crippen LogP contribution in [0.15, 0.2) is 47.4 Å². The molecule has 0 bridgehead atoms. The summed E-state index contributed by atoms with van der Waals surface area (Å²) in [6.07, 6.45) is 0.441. The Morgan fingerprint density at radius 2 is 1.88 bits per heavy atom. The summed E-state index contributed by atoms with van der Waals surface area (Å²) >= 11 is 1.45. The zero-order valence-electron chi connectivity index (χ0n) is 17.6. The second kappa shape index (κ2) is 8.85. The van der Waals surface area contributed by atoms with Crippen LogP contribution >= 0.6 is 11.3 Å².